The molecule has 2 nitrogen and oxygen atoms in total. The first-order valence-corrected chi connectivity index (χ1v) is 26.4. The van der Waals surface area contributed by atoms with Gasteiger partial charge in [0.25, 0.3) is 0 Å². The number of rotatable bonds is 7. The molecule has 2 heteroatoms. The van der Waals surface area contributed by atoms with Crippen LogP contribution in [0.5, 0.6) is 0 Å². The van der Waals surface area contributed by atoms with Gasteiger partial charge >= 0.3 is 0 Å². The SMILES string of the molecule is CC1(C)c2ccccc2-c2ccc(-c3ccc4c(c3)c3ccccc3c3cc5c6cc(-c7ccccc7)ccc6n(-c6cc(-c7ccc(-c8ccccc8)cc7)nc(-c7ccc(-c8ccccc8)cc7)c6)c5cc43)cc21. The van der Waals surface area contributed by atoms with Crippen LogP contribution in [-0.2, 0) is 5.41 Å². The van der Waals surface area contributed by atoms with Crippen molar-refractivity contribution in [1.29, 1.82) is 0 Å². The Balaban J connectivity index is 0.965. The lowest BCUT2D eigenvalue weighted by atomic mass is 9.81. The largest absolute Gasteiger partial charge is 0.309 e. The Bertz CT molecular complexity index is 4500. The highest BCUT2D eigenvalue weighted by Crippen LogP contribution is 2.50. The first-order valence-electron chi connectivity index (χ1n) is 26.4. The van der Waals surface area contributed by atoms with E-state index in [0.29, 0.717) is 0 Å². The van der Waals surface area contributed by atoms with Crippen LogP contribution in [0.25, 0.3) is 138 Å². The van der Waals surface area contributed by atoms with Crippen molar-refractivity contribution in [2.45, 2.75) is 19.3 Å². The number of aromatic nitrogens is 2. The van der Waals surface area contributed by atoms with Gasteiger partial charge in [0.15, 0.2) is 0 Å². The average Bonchev–Trinajstić information content (AvgIpc) is 4.06. The first kappa shape index (κ1) is 43.9. The van der Waals surface area contributed by atoms with Crippen molar-refractivity contribution >= 4 is 54.1 Å². The summed E-state index contributed by atoms with van der Waals surface area (Å²) in [4.78, 5) is 5.48. The number of fused-ring (bicyclic) bond motifs is 12. The molecule has 2 heterocycles. The summed E-state index contributed by atoms with van der Waals surface area (Å²) in [6, 6.07) is 98.4. The highest BCUT2D eigenvalue weighted by Gasteiger charge is 2.35. The fourth-order valence-electron chi connectivity index (χ4n) is 12.5. The molecule has 2 aromatic heterocycles. The zero-order valence-corrected chi connectivity index (χ0v) is 42.3. The van der Waals surface area contributed by atoms with Crippen molar-refractivity contribution in [3.05, 3.63) is 278 Å². The van der Waals surface area contributed by atoms with Crippen LogP contribution in [0.1, 0.15) is 25.0 Å². The topological polar surface area (TPSA) is 17.8 Å². The van der Waals surface area contributed by atoms with Crippen molar-refractivity contribution < 1.29 is 0 Å². The maximum absolute atomic E-state index is 5.48. The molecule has 0 radical (unpaired) electrons. The predicted octanol–water partition coefficient (Wildman–Crippen LogP) is 19.9. The van der Waals surface area contributed by atoms with Gasteiger partial charge in [0, 0.05) is 27.3 Å². The van der Waals surface area contributed by atoms with E-state index < -0.39 is 0 Å². The van der Waals surface area contributed by atoms with Crippen LogP contribution < -0.4 is 0 Å². The Morgan fingerprint density at radius 1 is 0.263 bits per heavy atom. The van der Waals surface area contributed by atoms with Crippen molar-refractivity contribution in [3.63, 3.8) is 0 Å². The average molecular weight is 967 g/mol. The van der Waals surface area contributed by atoms with E-state index in [9.17, 15) is 0 Å². The van der Waals surface area contributed by atoms with Gasteiger partial charge in [-0.3, -0.25) is 0 Å². The molecule has 15 rings (SSSR count). The number of nitrogens with zero attached hydrogens (tertiary/aromatic N) is 2. The Hall–Kier alpha value is -9.63. The number of hydrogen-bond donors (Lipinski definition) is 0. The van der Waals surface area contributed by atoms with Crippen LogP contribution in [0.4, 0.5) is 0 Å². The van der Waals surface area contributed by atoms with Crippen molar-refractivity contribution in [2.24, 2.45) is 0 Å². The Labute approximate surface area is 442 Å². The molecule has 0 spiro atoms. The van der Waals surface area contributed by atoms with E-state index in [1.54, 1.807) is 0 Å². The van der Waals surface area contributed by atoms with E-state index in [1.165, 1.54) is 110 Å². The molecule has 0 bridgehead atoms. The maximum atomic E-state index is 5.48. The van der Waals surface area contributed by atoms with Gasteiger partial charge in [0.1, 0.15) is 0 Å². The van der Waals surface area contributed by atoms with Gasteiger partial charge in [-0.1, -0.05) is 232 Å². The van der Waals surface area contributed by atoms with Crippen LogP contribution in [-0.4, -0.2) is 9.55 Å². The lowest BCUT2D eigenvalue weighted by Crippen LogP contribution is -2.14. The molecule has 76 heavy (non-hydrogen) atoms. The molecule has 0 atom stereocenters. The fraction of sp³-hybridized carbons (Fsp3) is 0.0405. The van der Waals surface area contributed by atoms with Gasteiger partial charge in [-0.15, -0.1) is 0 Å². The van der Waals surface area contributed by atoms with E-state index in [2.05, 4.69) is 285 Å². The Morgan fingerprint density at radius 3 is 1.30 bits per heavy atom. The van der Waals surface area contributed by atoms with E-state index >= 15 is 0 Å². The zero-order valence-electron chi connectivity index (χ0n) is 42.3. The third kappa shape index (κ3) is 7.06. The number of benzene rings is 12. The van der Waals surface area contributed by atoms with Gasteiger partial charge < -0.3 is 4.57 Å². The molecule has 0 saturated heterocycles. The van der Waals surface area contributed by atoms with Crippen LogP contribution in [0.2, 0.25) is 0 Å². The van der Waals surface area contributed by atoms with Gasteiger partial charge in [-0.2, -0.15) is 0 Å². The van der Waals surface area contributed by atoms with Crippen LogP contribution in [0.15, 0.2) is 267 Å². The van der Waals surface area contributed by atoms with E-state index in [4.69, 9.17) is 4.98 Å². The molecular weight excluding hydrogens is 917 g/mol. The molecule has 14 aromatic rings. The maximum Gasteiger partial charge on any atom is 0.0730 e. The second-order valence-electron chi connectivity index (χ2n) is 21.1. The van der Waals surface area contributed by atoms with Gasteiger partial charge in [-0.05, 0) is 148 Å². The number of pyridine rings is 1. The summed E-state index contributed by atoms with van der Waals surface area (Å²) < 4.78 is 2.49. The van der Waals surface area contributed by atoms with E-state index in [-0.39, 0.29) is 5.41 Å². The molecule has 0 unspecified atom stereocenters. The third-order valence-electron chi connectivity index (χ3n) is 16.4. The molecular formula is C74H50N2. The normalized spacial score (nSPS) is 12.7. The minimum Gasteiger partial charge on any atom is -0.309 e. The minimum absolute atomic E-state index is 0.0797. The summed E-state index contributed by atoms with van der Waals surface area (Å²) in [5, 5.41) is 9.90. The zero-order chi connectivity index (χ0) is 50.5. The third-order valence-corrected chi connectivity index (χ3v) is 16.4. The number of hydrogen-bond acceptors (Lipinski definition) is 1. The van der Waals surface area contributed by atoms with Crippen LogP contribution in [0, 0.1) is 0 Å². The van der Waals surface area contributed by atoms with Crippen molar-refractivity contribution in [2.75, 3.05) is 0 Å². The Kier molecular flexibility index (Phi) is 9.96. The lowest BCUT2D eigenvalue weighted by Gasteiger charge is -2.22. The molecule has 0 N–H and O–H groups in total. The van der Waals surface area contributed by atoms with Gasteiger partial charge in [-0.25, -0.2) is 4.98 Å². The van der Waals surface area contributed by atoms with E-state index in [1.807, 2.05) is 0 Å². The first-order chi connectivity index (χ1) is 37.4. The highest BCUT2D eigenvalue weighted by atomic mass is 15.0. The summed E-state index contributed by atoms with van der Waals surface area (Å²) >= 11 is 0. The second-order valence-corrected chi connectivity index (χ2v) is 21.1. The van der Waals surface area contributed by atoms with E-state index in [0.717, 1.165) is 39.2 Å². The predicted molar refractivity (Wildman–Crippen MR) is 321 cm³/mol. The fourth-order valence-corrected chi connectivity index (χ4v) is 12.5. The molecule has 1 aliphatic carbocycles. The van der Waals surface area contributed by atoms with Crippen LogP contribution in [0.3, 0.4) is 0 Å². The molecule has 0 aliphatic heterocycles. The summed E-state index contributed by atoms with van der Waals surface area (Å²) in [6.07, 6.45) is 0. The van der Waals surface area contributed by atoms with Gasteiger partial charge in [0.05, 0.1) is 28.1 Å². The van der Waals surface area contributed by atoms with Crippen LogP contribution >= 0.6 is 0 Å². The Morgan fingerprint density at radius 2 is 0.671 bits per heavy atom. The molecule has 0 amide bonds. The quantitative estimate of drug-likeness (QED) is 0.146. The monoisotopic (exact) mass is 966 g/mol. The van der Waals surface area contributed by atoms with Crippen molar-refractivity contribution in [1.82, 2.24) is 9.55 Å². The summed E-state index contributed by atoms with van der Waals surface area (Å²) in [5.41, 5.74) is 22.3. The lowest BCUT2D eigenvalue weighted by molar-refractivity contribution is 0.660. The second kappa shape index (κ2) is 17.2. The van der Waals surface area contributed by atoms with Crippen molar-refractivity contribution in [3.8, 4) is 83.8 Å². The molecule has 12 aromatic carbocycles. The highest BCUT2D eigenvalue weighted by molar-refractivity contribution is 6.29. The standard InChI is InChI=1S/C74H50N2/c1-74(2)68-25-15-14-24-61(68)62-38-35-56(42-69(62)74)55-34-37-60-63(40-55)58-22-12-13-23-59(58)64-45-67-66-41-54(49-20-10-5-11-21-49)36-39-72(66)76(73(67)46-65(60)64)57-43-70(52-30-26-50(27-31-52)47-16-6-3-7-17-47)75-71(44-57)53-32-28-51(29-33-53)48-18-8-4-9-19-48/h3-46H,1-2H3. The molecule has 1 aliphatic rings. The molecule has 356 valence electrons. The summed E-state index contributed by atoms with van der Waals surface area (Å²) in [6.45, 7) is 4.73. The molecule has 0 saturated carbocycles. The smallest absolute Gasteiger partial charge is 0.0730 e. The minimum atomic E-state index is -0.0797. The van der Waals surface area contributed by atoms with Gasteiger partial charge in [0.2, 0.25) is 0 Å². The summed E-state index contributed by atoms with van der Waals surface area (Å²) in [5.74, 6) is 0. The molecule has 0 fully saturated rings. The summed E-state index contributed by atoms with van der Waals surface area (Å²) in [7, 11) is 0.